The minimum atomic E-state index is 0.540. The topological polar surface area (TPSA) is 30.3 Å². The molecule has 1 aromatic heterocycles. The Morgan fingerprint density at radius 1 is 1.08 bits per heavy atom. The zero-order chi connectivity index (χ0) is 16.7. The van der Waals surface area contributed by atoms with E-state index in [1.165, 1.54) is 11.3 Å². The van der Waals surface area contributed by atoms with Crippen molar-refractivity contribution in [3.63, 3.8) is 0 Å². The lowest BCUT2D eigenvalue weighted by Gasteiger charge is -2.27. The number of hydrogen-bond acceptors (Lipinski definition) is 3. The summed E-state index contributed by atoms with van der Waals surface area (Å²) in [5.41, 5.74) is 3.27. The highest BCUT2D eigenvalue weighted by molar-refractivity contribution is 6.45. The number of aromatic nitrogens is 2. The molecule has 3 aromatic rings. The molecule has 2 heterocycles. The largest absolute Gasteiger partial charge is 0.497 e. The van der Waals surface area contributed by atoms with Gasteiger partial charge in [-0.1, -0.05) is 35.3 Å². The zero-order valence-corrected chi connectivity index (χ0v) is 14.8. The second-order valence-electron chi connectivity index (χ2n) is 5.99. The number of fused-ring (bicyclic) bond motifs is 3. The number of hydrogen-bond donors (Lipinski definition) is 0. The van der Waals surface area contributed by atoms with Crippen molar-refractivity contribution in [3.8, 4) is 5.75 Å². The van der Waals surface area contributed by atoms with Crippen LogP contribution in [0.2, 0.25) is 10.0 Å². The Kier molecular flexibility index (Phi) is 4.12. The van der Waals surface area contributed by atoms with E-state index in [2.05, 4.69) is 26.8 Å². The molecule has 4 nitrogen and oxygen atoms in total. The zero-order valence-electron chi connectivity index (χ0n) is 13.3. The molecule has 0 unspecified atom stereocenters. The molecule has 6 heteroatoms. The van der Waals surface area contributed by atoms with Crippen LogP contribution >= 0.6 is 23.2 Å². The van der Waals surface area contributed by atoms with E-state index in [1.54, 1.807) is 7.11 Å². The van der Waals surface area contributed by atoms with Gasteiger partial charge in [-0.05, 0) is 29.8 Å². The number of halogens is 2. The molecule has 2 aromatic carbocycles. The van der Waals surface area contributed by atoms with Crippen LogP contribution in [0.4, 0.5) is 0 Å². The first-order valence-corrected chi connectivity index (χ1v) is 8.60. The third-order valence-electron chi connectivity index (χ3n) is 4.48. The van der Waals surface area contributed by atoms with Gasteiger partial charge in [-0.2, -0.15) is 5.10 Å². The van der Waals surface area contributed by atoms with E-state index in [1.807, 2.05) is 24.3 Å². The molecule has 0 aliphatic carbocycles. The predicted molar refractivity (Wildman–Crippen MR) is 96.9 cm³/mol. The molecule has 1 aliphatic heterocycles. The first-order valence-electron chi connectivity index (χ1n) is 7.84. The molecule has 4 rings (SSSR count). The summed E-state index contributed by atoms with van der Waals surface area (Å²) >= 11 is 12.4. The van der Waals surface area contributed by atoms with Crippen LogP contribution in [0.3, 0.4) is 0 Å². The van der Waals surface area contributed by atoms with Crippen molar-refractivity contribution in [3.05, 3.63) is 57.7 Å². The van der Waals surface area contributed by atoms with Gasteiger partial charge in [-0.15, -0.1) is 0 Å². The quantitative estimate of drug-likeness (QED) is 0.693. The summed E-state index contributed by atoms with van der Waals surface area (Å²) in [6.45, 7) is 3.56. The first-order chi connectivity index (χ1) is 11.7. The average Bonchev–Trinajstić information content (AvgIpc) is 2.98. The molecule has 0 N–H and O–H groups in total. The molecule has 0 spiro atoms. The molecule has 124 valence electrons. The number of methoxy groups -OCH3 is 1. The fraction of sp³-hybridized carbons (Fsp3) is 0.278. The fourth-order valence-corrected chi connectivity index (χ4v) is 3.55. The molecule has 0 fully saturated rings. The summed E-state index contributed by atoms with van der Waals surface area (Å²) in [7, 11) is 1.68. The highest BCUT2D eigenvalue weighted by Gasteiger charge is 2.22. The first kappa shape index (κ1) is 15.8. The van der Waals surface area contributed by atoms with Gasteiger partial charge >= 0.3 is 0 Å². The molecule has 0 amide bonds. The lowest BCUT2D eigenvalue weighted by atomic mass is 10.1. The summed E-state index contributed by atoms with van der Waals surface area (Å²) in [5, 5.41) is 6.81. The Morgan fingerprint density at radius 3 is 2.62 bits per heavy atom. The van der Waals surface area contributed by atoms with Crippen molar-refractivity contribution in [1.82, 2.24) is 14.7 Å². The third kappa shape index (κ3) is 2.75. The maximum Gasteiger partial charge on any atom is 0.118 e. The Bertz CT molecular complexity index is 889. The van der Waals surface area contributed by atoms with Crippen LogP contribution in [0.5, 0.6) is 5.75 Å². The van der Waals surface area contributed by atoms with Gasteiger partial charge in [0.15, 0.2) is 0 Å². The van der Waals surface area contributed by atoms with Gasteiger partial charge in [-0.3, -0.25) is 9.58 Å². The predicted octanol–water partition coefficient (Wildman–Crippen LogP) is 4.37. The minimum Gasteiger partial charge on any atom is -0.497 e. The number of rotatable bonds is 3. The van der Waals surface area contributed by atoms with Crippen LogP contribution in [0, 0.1) is 0 Å². The van der Waals surface area contributed by atoms with Crippen LogP contribution < -0.4 is 4.74 Å². The summed E-state index contributed by atoms with van der Waals surface area (Å²) < 4.78 is 7.27. The van der Waals surface area contributed by atoms with Gasteiger partial charge in [0.2, 0.25) is 0 Å². The standard InChI is InChI=1S/C18H17Cl2N3O/c1-24-13-4-2-12(3-5-13)10-22-8-9-23-16(11-22)14-6-7-15(19)17(20)18(14)21-23/h2-7H,8-11H2,1H3. The molecule has 0 saturated carbocycles. The highest BCUT2D eigenvalue weighted by Crippen LogP contribution is 2.33. The van der Waals surface area contributed by atoms with Crippen LogP contribution in [0.25, 0.3) is 10.9 Å². The smallest absolute Gasteiger partial charge is 0.118 e. The Hall–Kier alpha value is -1.75. The van der Waals surface area contributed by atoms with Crippen molar-refractivity contribution in [2.75, 3.05) is 13.7 Å². The van der Waals surface area contributed by atoms with Crippen LogP contribution in [0.15, 0.2) is 36.4 Å². The maximum absolute atomic E-state index is 6.31. The molecule has 0 atom stereocenters. The second kappa shape index (κ2) is 6.28. The third-order valence-corrected chi connectivity index (χ3v) is 5.27. The van der Waals surface area contributed by atoms with Crippen LogP contribution in [-0.2, 0) is 19.6 Å². The molecule has 0 radical (unpaired) electrons. The van der Waals surface area contributed by atoms with Crippen molar-refractivity contribution in [2.24, 2.45) is 0 Å². The van der Waals surface area contributed by atoms with Gasteiger partial charge in [0, 0.05) is 25.0 Å². The van der Waals surface area contributed by atoms with Crippen molar-refractivity contribution < 1.29 is 4.74 Å². The number of ether oxygens (including phenoxy) is 1. The van der Waals surface area contributed by atoms with E-state index in [0.717, 1.165) is 42.8 Å². The summed E-state index contributed by atoms with van der Waals surface area (Å²) in [6.07, 6.45) is 0. The normalized spacial score (nSPS) is 14.8. The van der Waals surface area contributed by atoms with Gasteiger partial charge in [0.05, 0.1) is 29.4 Å². The second-order valence-corrected chi connectivity index (χ2v) is 6.77. The Balaban J connectivity index is 1.59. The van der Waals surface area contributed by atoms with E-state index >= 15 is 0 Å². The van der Waals surface area contributed by atoms with Crippen molar-refractivity contribution in [2.45, 2.75) is 19.6 Å². The Morgan fingerprint density at radius 2 is 1.88 bits per heavy atom. The lowest BCUT2D eigenvalue weighted by Crippen LogP contribution is -2.33. The van der Waals surface area contributed by atoms with E-state index < -0.39 is 0 Å². The number of nitrogens with zero attached hydrogens (tertiary/aromatic N) is 3. The highest BCUT2D eigenvalue weighted by atomic mass is 35.5. The molecule has 1 aliphatic rings. The van der Waals surface area contributed by atoms with Gasteiger partial charge in [0.1, 0.15) is 11.3 Å². The van der Waals surface area contributed by atoms with Gasteiger partial charge in [0.25, 0.3) is 0 Å². The van der Waals surface area contributed by atoms with Crippen LogP contribution in [-0.4, -0.2) is 28.3 Å². The summed E-state index contributed by atoms with van der Waals surface area (Å²) in [6, 6.07) is 12.1. The average molecular weight is 362 g/mol. The maximum atomic E-state index is 6.31. The minimum absolute atomic E-state index is 0.540. The SMILES string of the molecule is COc1ccc(CN2CCn3nc4c(Cl)c(Cl)ccc4c3C2)cc1. The van der Waals surface area contributed by atoms with Gasteiger partial charge in [-0.25, -0.2) is 0 Å². The Labute approximate surface area is 150 Å². The van der Waals surface area contributed by atoms with E-state index in [4.69, 9.17) is 27.9 Å². The van der Waals surface area contributed by atoms with Gasteiger partial charge < -0.3 is 4.74 Å². The molecular formula is C18H17Cl2N3O. The van der Waals surface area contributed by atoms with Crippen molar-refractivity contribution in [1.29, 1.82) is 0 Å². The monoisotopic (exact) mass is 361 g/mol. The fourth-order valence-electron chi connectivity index (χ4n) is 3.19. The molecule has 24 heavy (non-hydrogen) atoms. The van der Waals surface area contributed by atoms with E-state index in [0.29, 0.717) is 10.0 Å². The van der Waals surface area contributed by atoms with Crippen molar-refractivity contribution >= 4 is 34.1 Å². The number of benzene rings is 2. The molecule has 0 saturated heterocycles. The van der Waals surface area contributed by atoms with Crippen LogP contribution in [0.1, 0.15) is 11.3 Å². The van der Waals surface area contributed by atoms with E-state index in [-0.39, 0.29) is 0 Å². The summed E-state index contributed by atoms with van der Waals surface area (Å²) in [5.74, 6) is 0.882. The molecule has 0 bridgehead atoms. The summed E-state index contributed by atoms with van der Waals surface area (Å²) in [4.78, 5) is 2.42. The van der Waals surface area contributed by atoms with E-state index in [9.17, 15) is 0 Å². The lowest BCUT2D eigenvalue weighted by molar-refractivity contribution is 0.206. The molecular weight excluding hydrogens is 345 g/mol.